The summed E-state index contributed by atoms with van der Waals surface area (Å²) in [6, 6.07) is 6.84. The molecule has 17 heavy (non-hydrogen) atoms. The van der Waals surface area contributed by atoms with Gasteiger partial charge in [0.15, 0.2) is 0 Å². The van der Waals surface area contributed by atoms with Crippen LogP contribution in [0.25, 0.3) is 0 Å². The van der Waals surface area contributed by atoms with Crippen LogP contribution >= 0.6 is 15.9 Å². The predicted molar refractivity (Wildman–Crippen MR) is 76.5 cm³/mol. The largest absolute Gasteiger partial charge is 0.492 e. The minimum Gasteiger partial charge on any atom is -0.492 e. The highest BCUT2D eigenvalue weighted by Crippen LogP contribution is 2.26. The SMILES string of the molecule is CCCOc1ccc(CN[C@H](C)CC)cc1Br. The minimum absolute atomic E-state index is 0.560. The topological polar surface area (TPSA) is 21.3 Å². The van der Waals surface area contributed by atoms with Crippen molar-refractivity contribution in [3.63, 3.8) is 0 Å². The van der Waals surface area contributed by atoms with Crippen LogP contribution in [0.4, 0.5) is 0 Å². The molecule has 0 unspecified atom stereocenters. The fourth-order valence-corrected chi connectivity index (χ4v) is 1.96. The summed E-state index contributed by atoms with van der Waals surface area (Å²) in [7, 11) is 0. The van der Waals surface area contributed by atoms with Gasteiger partial charge in [-0.2, -0.15) is 0 Å². The maximum Gasteiger partial charge on any atom is 0.133 e. The summed E-state index contributed by atoms with van der Waals surface area (Å²) in [5.41, 5.74) is 1.28. The Bertz CT molecular complexity index is 341. The van der Waals surface area contributed by atoms with Crippen LogP contribution in [0.1, 0.15) is 39.2 Å². The Balaban J connectivity index is 2.55. The molecule has 1 aromatic rings. The summed E-state index contributed by atoms with van der Waals surface area (Å²) >= 11 is 3.55. The van der Waals surface area contributed by atoms with Crippen molar-refractivity contribution < 1.29 is 4.74 Å². The highest BCUT2D eigenvalue weighted by molar-refractivity contribution is 9.10. The smallest absolute Gasteiger partial charge is 0.133 e. The van der Waals surface area contributed by atoms with E-state index in [-0.39, 0.29) is 0 Å². The van der Waals surface area contributed by atoms with E-state index < -0.39 is 0 Å². The van der Waals surface area contributed by atoms with Crippen LogP contribution in [-0.2, 0) is 6.54 Å². The summed E-state index contributed by atoms with van der Waals surface area (Å²) in [4.78, 5) is 0. The Morgan fingerprint density at radius 1 is 1.35 bits per heavy atom. The van der Waals surface area contributed by atoms with Crippen molar-refractivity contribution in [3.8, 4) is 5.75 Å². The van der Waals surface area contributed by atoms with Gasteiger partial charge in [-0.3, -0.25) is 0 Å². The number of halogens is 1. The molecule has 0 aliphatic heterocycles. The quantitative estimate of drug-likeness (QED) is 0.817. The molecule has 0 aliphatic carbocycles. The van der Waals surface area contributed by atoms with Crippen LogP contribution in [0.15, 0.2) is 22.7 Å². The van der Waals surface area contributed by atoms with Crippen LogP contribution in [0.2, 0.25) is 0 Å². The van der Waals surface area contributed by atoms with Gasteiger partial charge in [-0.25, -0.2) is 0 Å². The van der Waals surface area contributed by atoms with E-state index in [9.17, 15) is 0 Å². The zero-order valence-electron chi connectivity index (χ0n) is 10.9. The van der Waals surface area contributed by atoms with Gasteiger partial charge in [0.05, 0.1) is 11.1 Å². The lowest BCUT2D eigenvalue weighted by Gasteiger charge is -2.12. The van der Waals surface area contributed by atoms with E-state index in [2.05, 4.69) is 54.2 Å². The Morgan fingerprint density at radius 3 is 2.71 bits per heavy atom. The summed E-state index contributed by atoms with van der Waals surface area (Å²) in [5.74, 6) is 0.930. The number of nitrogens with one attached hydrogen (secondary N) is 1. The van der Waals surface area contributed by atoms with Gasteiger partial charge in [0.25, 0.3) is 0 Å². The lowest BCUT2D eigenvalue weighted by molar-refractivity contribution is 0.315. The Kier molecular flexibility index (Phi) is 6.60. The van der Waals surface area contributed by atoms with Gasteiger partial charge in [-0.05, 0) is 53.4 Å². The van der Waals surface area contributed by atoms with Crippen LogP contribution in [0.5, 0.6) is 5.75 Å². The van der Waals surface area contributed by atoms with Gasteiger partial charge in [-0.1, -0.05) is 19.9 Å². The first-order chi connectivity index (χ1) is 8.17. The zero-order valence-corrected chi connectivity index (χ0v) is 12.5. The third kappa shape index (κ3) is 5.09. The highest BCUT2D eigenvalue weighted by Gasteiger charge is 2.03. The monoisotopic (exact) mass is 299 g/mol. The van der Waals surface area contributed by atoms with Gasteiger partial charge < -0.3 is 10.1 Å². The first-order valence-corrected chi connectivity index (χ1v) is 7.11. The third-order valence-electron chi connectivity index (χ3n) is 2.73. The van der Waals surface area contributed by atoms with E-state index >= 15 is 0 Å². The molecule has 1 rings (SSSR count). The summed E-state index contributed by atoms with van der Waals surface area (Å²) in [6.07, 6.45) is 2.18. The Hall–Kier alpha value is -0.540. The highest BCUT2D eigenvalue weighted by atomic mass is 79.9. The van der Waals surface area contributed by atoms with Crippen LogP contribution in [0.3, 0.4) is 0 Å². The molecule has 0 radical (unpaired) electrons. The molecule has 0 heterocycles. The average Bonchev–Trinajstić information content (AvgIpc) is 2.34. The summed E-state index contributed by atoms with van der Waals surface area (Å²) in [6.45, 7) is 8.17. The molecule has 0 amide bonds. The van der Waals surface area contributed by atoms with E-state index in [4.69, 9.17) is 4.74 Å². The van der Waals surface area contributed by atoms with Crippen molar-refractivity contribution in [1.82, 2.24) is 5.32 Å². The van der Waals surface area contributed by atoms with Crippen LogP contribution in [-0.4, -0.2) is 12.6 Å². The molecule has 2 nitrogen and oxygen atoms in total. The lowest BCUT2D eigenvalue weighted by atomic mass is 10.2. The summed E-state index contributed by atoms with van der Waals surface area (Å²) < 4.78 is 6.66. The predicted octanol–water partition coefficient (Wildman–Crippen LogP) is 4.13. The molecule has 0 fully saturated rings. The second-order valence-corrected chi connectivity index (χ2v) is 5.16. The Morgan fingerprint density at radius 2 is 2.12 bits per heavy atom. The van der Waals surface area contributed by atoms with Gasteiger partial charge in [-0.15, -0.1) is 0 Å². The fraction of sp³-hybridized carbons (Fsp3) is 0.571. The van der Waals surface area contributed by atoms with Gasteiger partial charge in [0.1, 0.15) is 5.75 Å². The molecule has 0 spiro atoms. The molecule has 1 atom stereocenters. The molecule has 0 aliphatic rings. The van der Waals surface area contributed by atoms with E-state index in [0.717, 1.165) is 36.2 Å². The molecule has 1 N–H and O–H groups in total. The average molecular weight is 300 g/mol. The van der Waals surface area contributed by atoms with Crippen LogP contribution in [0, 0.1) is 0 Å². The van der Waals surface area contributed by atoms with E-state index in [1.807, 2.05) is 6.07 Å². The van der Waals surface area contributed by atoms with Crippen molar-refractivity contribution in [2.75, 3.05) is 6.61 Å². The van der Waals surface area contributed by atoms with Gasteiger partial charge >= 0.3 is 0 Å². The number of hydrogen-bond donors (Lipinski definition) is 1. The van der Waals surface area contributed by atoms with Crippen molar-refractivity contribution in [3.05, 3.63) is 28.2 Å². The molecule has 0 bridgehead atoms. The molecule has 0 saturated heterocycles. The van der Waals surface area contributed by atoms with E-state index in [0.29, 0.717) is 6.04 Å². The molecule has 0 saturated carbocycles. The lowest BCUT2D eigenvalue weighted by Crippen LogP contribution is -2.24. The second-order valence-electron chi connectivity index (χ2n) is 4.30. The molecule has 1 aromatic carbocycles. The first kappa shape index (κ1) is 14.5. The molecular weight excluding hydrogens is 278 g/mol. The maximum absolute atomic E-state index is 5.62. The fourth-order valence-electron chi connectivity index (χ4n) is 1.42. The number of hydrogen-bond acceptors (Lipinski definition) is 2. The minimum atomic E-state index is 0.560. The Labute approximate surface area is 113 Å². The normalized spacial score (nSPS) is 12.5. The molecular formula is C14H22BrNO. The number of benzene rings is 1. The molecule has 96 valence electrons. The van der Waals surface area contributed by atoms with Crippen molar-refractivity contribution in [2.24, 2.45) is 0 Å². The molecule has 0 aromatic heterocycles. The van der Waals surface area contributed by atoms with E-state index in [1.54, 1.807) is 0 Å². The summed E-state index contributed by atoms with van der Waals surface area (Å²) in [5, 5.41) is 3.48. The van der Waals surface area contributed by atoms with Gasteiger partial charge in [0.2, 0.25) is 0 Å². The van der Waals surface area contributed by atoms with Crippen molar-refractivity contribution in [1.29, 1.82) is 0 Å². The molecule has 3 heteroatoms. The second kappa shape index (κ2) is 7.72. The van der Waals surface area contributed by atoms with Crippen molar-refractivity contribution >= 4 is 15.9 Å². The maximum atomic E-state index is 5.62. The zero-order chi connectivity index (χ0) is 12.7. The standard InChI is InChI=1S/C14H22BrNO/c1-4-8-17-14-7-6-12(9-13(14)15)10-16-11(3)5-2/h6-7,9,11,16H,4-5,8,10H2,1-3H3/t11-/m1/s1. The third-order valence-corrected chi connectivity index (χ3v) is 3.34. The first-order valence-electron chi connectivity index (χ1n) is 6.32. The number of ether oxygens (including phenoxy) is 1. The van der Waals surface area contributed by atoms with E-state index in [1.165, 1.54) is 5.56 Å². The van der Waals surface area contributed by atoms with Crippen LogP contribution < -0.4 is 10.1 Å². The van der Waals surface area contributed by atoms with Crippen molar-refractivity contribution in [2.45, 2.75) is 46.2 Å². The van der Waals surface area contributed by atoms with Gasteiger partial charge in [0, 0.05) is 12.6 Å². The number of rotatable bonds is 7.